The van der Waals surface area contributed by atoms with Gasteiger partial charge in [0.25, 0.3) is 5.91 Å². The Kier molecular flexibility index (Phi) is 8.24. The number of aliphatic imine (C=N–C) groups is 1. The minimum absolute atomic E-state index is 0.0496. The highest BCUT2D eigenvalue weighted by Gasteiger charge is 2.34. The average Bonchev–Trinajstić information content (AvgIpc) is 3.05. The number of amides is 1. The smallest absolute Gasteiger partial charge is 0.344 e. The summed E-state index contributed by atoms with van der Waals surface area (Å²) in [7, 11) is 0. The molecular weight excluding hydrogens is 485 g/mol. The Morgan fingerprint density at radius 1 is 1.12 bits per heavy atom. The zero-order valence-corrected chi connectivity index (χ0v) is 20.5. The number of aliphatic hydroxyl groups is 1. The molecule has 0 atom stereocenters. The van der Waals surface area contributed by atoms with Crippen molar-refractivity contribution in [3.05, 3.63) is 79.4 Å². The van der Waals surface area contributed by atoms with Crippen molar-refractivity contribution in [2.45, 2.75) is 20.8 Å². The molecule has 0 fully saturated rings. The van der Waals surface area contributed by atoms with Gasteiger partial charge in [-0.3, -0.25) is 4.79 Å². The Balaban J connectivity index is 2.04. The van der Waals surface area contributed by atoms with Gasteiger partial charge in [0.05, 0.1) is 28.2 Å². The molecule has 0 unspecified atom stereocenters. The Labute approximate surface area is 205 Å². The van der Waals surface area contributed by atoms with Crippen LogP contribution < -0.4 is 4.74 Å². The van der Waals surface area contributed by atoms with Gasteiger partial charge in [0.2, 0.25) is 0 Å². The fourth-order valence-corrected chi connectivity index (χ4v) is 4.68. The van der Waals surface area contributed by atoms with E-state index in [0.717, 1.165) is 17.3 Å². The zero-order valence-electron chi connectivity index (χ0n) is 18.1. The molecule has 1 heterocycles. The molecule has 0 bridgehead atoms. The molecule has 0 saturated carbocycles. The third-order valence-corrected chi connectivity index (χ3v) is 6.14. The molecule has 172 valence electrons. The fourth-order valence-electron chi connectivity index (χ4n) is 3.05. The van der Waals surface area contributed by atoms with Crippen LogP contribution in [-0.2, 0) is 9.53 Å². The van der Waals surface area contributed by atoms with Crippen LogP contribution in [-0.4, -0.2) is 35.2 Å². The van der Waals surface area contributed by atoms with Crippen LogP contribution in [0.4, 0.5) is 0 Å². The number of hydrogen-bond acceptors (Lipinski definition) is 6. The monoisotopic (exact) mass is 505 g/mol. The molecule has 0 spiro atoms. The van der Waals surface area contributed by atoms with E-state index in [2.05, 4.69) is 4.99 Å². The highest BCUT2D eigenvalue weighted by Crippen LogP contribution is 2.41. The van der Waals surface area contributed by atoms with Gasteiger partial charge in [0.1, 0.15) is 16.4 Å². The Bertz CT molecular complexity index is 1180. The van der Waals surface area contributed by atoms with Gasteiger partial charge in [-0.2, -0.15) is 0 Å². The Morgan fingerprint density at radius 3 is 2.39 bits per heavy atom. The summed E-state index contributed by atoms with van der Waals surface area (Å²) in [5, 5.41) is 11.5. The first-order valence-corrected chi connectivity index (χ1v) is 11.6. The lowest BCUT2D eigenvalue weighted by Crippen LogP contribution is -2.14. The molecule has 1 aliphatic rings. The van der Waals surface area contributed by atoms with Gasteiger partial charge < -0.3 is 14.6 Å². The number of thioether (sulfide) groups is 1. The first-order chi connectivity index (χ1) is 15.8. The maximum atomic E-state index is 12.8. The summed E-state index contributed by atoms with van der Waals surface area (Å²) in [5.41, 5.74) is 1.54. The molecule has 1 amide bonds. The molecule has 3 rings (SSSR count). The van der Waals surface area contributed by atoms with Crippen LogP contribution in [0.15, 0.2) is 57.6 Å². The summed E-state index contributed by atoms with van der Waals surface area (Å²) in [6, 6.07) is 10.2. The van der Waals surface area contributed by atoms with E-state index in [1.54, 1.807) is 50.3 Å². The molecular formula is C24H21Cl2NO5S. The maximum absolute atomic E-state index is 12.8. The molecule has 6 nitrogen and oxygen atoms in total. The third-order valence-electron chi connectivity index (χ3n) is 4.56. The number of carbonyl (C=O) groups is 2. The Morgan fingerprint density at radius 2 is 1.79 bits per heavy atom. The lowest BCUT2D eigenvalue weighted by atomic mass is 10.1. The minimum atomic E-state index is -0.773. The number of ether oxygens (including phenoxy) is 2. The number of carbonyl (C=O) groups excluding carboxylic acids is 2. The molecule has 0 saturated heterocycles. The highest BCUT2D eigenvalue weighted by molar-refractivity contribution is 8.18. The summed E-state index contributed by atoms with van der Waals surface area (Å²) in [6.07, 6.45) is 1.59. The van der Waals surface area contributed by atoms with Crippen molar-refractivity contribution in [1.29, 1.82) is 0 Å². The van der Waals surface area contributed by atoms with Crippen molar-refractivity contribution in [3.8, 4) is 5.75 Å². The van der Waals surface area contributed by atoms with Crippen LogP contribution in [0.3, 0.4) is 0 Å². The molecule has 9 heteroatoms. The van der Waals surface area contributed by atoms with Gasteiger partial charge in [-0.05, 0) is 56.2 Å². The van der Waals surface area contributed by atoms with Crippen LogP contribution in [0.25, 0.3) is 6.08 Å². The standard InChI is InChI=1S/C24H21Cl2NO5S/c1-4-31-21-16(25)10-14(11-17(21)26)12-18-20(28)19(24(30)32-5-2)23(33-18)27-22(29)15-9-7-6-8-13(15)3/h6-12,28H,4-5H2,1-3H3/b18-12-,27-23?. The SMILES string of the molecule is CCOC(=O)C1=C(O)/C(=C/c2cc(Cl)c(OCC)c(Cl)c2)SC1=NC(=O)c1ccccc1C. The second-order valence-corrected chi connectivity index (χ2v) is 8.68. The summed E-state index contributed by atoms with van der Waals surface area (Å²) in [6.45, 7) is 5.75. The van der Waals surface area contributed by atoms with E-state index in [-0.39, 0.29) is 23.0 Å². The number of halogens is 2. The normalized spacial score (nSPS) is 15.9. The first-order valence-electron chi connectivity index (χ1n) is 10.1. The zero-order chi connectivity index (χ0) is 24.1. The van der Waals surface area contributed by atoms with Crippen LogP contribution in [0, 0.1) is 6.92 Å². The fraction of sp³-hybridized carbons (Fsp3) is 0.208. The van der Waals surface area contributed by atoms with Crippen molar-refractivity contribution in [2.24, 2.45) is 4.99 Å². The van der Waals surface area contributed by atoms with Crippen molar-refractivity contribution >= 4 is 58.0 Å². The predicted molar refractivity (Wildman–Crippen MR) is 132 cm³/mol. The number of aliphatic hydroxyl groups excluding tert-OH is 1. The second kappa shape index (κ2) is 10.9. The van der Waals surface area contributed by atoms with Gasteiger partial charge in [0, 0.05) is 5.56 Å². The highest BCUT2D eigenvalue weighted by atomic mass is 35.5. The Hall–Kier alpha value is -2.74. The molecule has 1 aliphatic heterocycles. The lowest BCUT2D eigenvalue weighted by Gasteiger charge is -2.09. The summed E-state index contributed by atoms with van der Waals surface area (Å²) < 4.78 is 10.5. The molecule has 0 radical (unpaired) electrons. The van der Waals surface area contributed by atoms with Gasteiger partial charge in [-0.1, -0.05) is 53.2 Å². The topological polar surface area (TPSA) is 85.2 Å². The second-order valence-electron chi connectivity index (χ2n) is 6.84. The molecule has 2 aromatic rings. The molecule has 33 heavy (non-hydrogen) atoms. The largest absolute Gasteiger partial charge is 0.506 e. The van der Waals surface area contributed by atoms with Crippen LogP contribution >= 0.6 is 35.0 Å². The number of hydrogen-bond donors (Lipinski definition) is 1. The summed E-state index contributed by atoms with van der Waals surface area (Å²) in [5.74, 6) is -1.28. The van der Waals surface area contributed by atoms with E-state index < -0.39 is 11.9 Å². The van der Waals surface area contributed by atoms with Crippen molar-refractivity contribution in [2.75, 3.05) is 13.2 Å². The molecule has 0 aromatic heterocycles. The van der Waals surface area contributed by atoms with Crippen LogP contribution in [0.2, 0.25) is 10.0 Å². The van der Waals surface area contributed by atoms with Gasteiger partial charge in [0.15, 0.2) is 5.75 Å². The predicted octanol–water partition coefficient (Wildman–Crippen LogP) is 6.40. The molecule has 1 N–H and O–H groups in total. The van der Waals surface area contributed by atoms with Gasteiger partial charge >= 0.3 is 5.97 Å². The van der Waals surface area contributed by atoms with E-state index in [9.17, 15) is 14.7 Å². The van der Waals surface area contributed by atoms with E-state index in [0.29, 0.717) is 38.4 Å². The van der Waals surface area contributed by atoms with Gasteiger partial charge in [-0.15, -0.1) is 0 Å². The van der Waals surface area contributed by atoms with Crippen molar-refractivity contribution in [1.82, 2.24) is 0 Å². The van der Waals surface area contributed by atoms with Crippen molar-refractivity contribution in [3.63, 3.8) is 0 Å². The van der Waals surface area contributed by atoms with Crippen LogP contribution in [0.1, 0.15) is 35.3 Å². The van der Waals surface area contributed by atoms with Gasteiger partial charge in [-0.25, -0.2) is 9.79 Å². The van der Waals surface area contributed by atoms with Crippen LogP contribution in [0.5, 0.6) is 5.75 Å². The number of rotatable bonds is 6. The average molecular weight is 506 g/mol. The van der Waals surface area contributed by atoms with E-state index in [4.69, 9.17) is 32.7 Å². The first kappa shape index (κ1) is 24.9. The summed E-state index contributed by atoms with van der Waals surface area (Å²) >= 11 is 13.5. The van der Waals surface area contributed by atoms with E-state index >= 15 is 0 Å². The molecule has 2 aromatic carbocycles. The third kappa shape index (κ3) is 5.61. The molecule has 0 aliphatic carbocycles. The summed E-state index contributed by atoms with van der Waals surface area (Å²) in [4.78, 5) is 29.7. The number of aryl methyl sites for hydroxylation is 1. The number of benzene rings is 2. The van der Waals surface area contributed by atoms with E-state index in [1.807, 2.05) is 13.0 Å². The van der Waals surface area contributed by atoms with E-state index in [1.165, 1.54) is 0 Å². The quantitative estimate of drug-likeness (QED) is 0.457. The number of esters is 1. The minimum Gasteiger partial charge on any atom is -0.506 e. The van der Waals surface area contributed by atoms with Crippen molar-refractivity contribution < 1.29 is 24.2 Å². The lowest BCUT2D eigenvalue weighted by molar-refractivity contribution is -0.138. The number of nitrogens with zero attached hydrogens (tertiary/aromatic N) is 1. The maximum Gasteiger partial charge on any atom is 0.344 e.